The summed E-state index contributed by atoms with van der Waals surface area (Å²) in [5, 5.41) is 5.46. The normalized spacial score (nSPS) is 13.8. The first-order valence-electron chi connectivity index (χ1n) is 11.3. The lowest BCUT2D eigenvalue weighted by molar-refractivity contribution is 0.102. The third-order valence-corrected chi connectivity index (χ3v) is 6.92. The molecule has 0 bridgehead atoms. The maximum absolute atomic E-state index is 13.5. The topological polar surface area (TPSA) is 63.1 Å². The predicted octanol–water partition coefficient (Wildman–Crippen LogP) is 5.63. The van der Waals surface area contributed by atoms with Crippen LogP contribution in [0.3, 0.4) is 0 Å². The zero-order chi connectivity index (χ0) is 23.8. The van der Waals surface area contributed by atoms with E-state index in [-0.39, 0.29) is 17.8 Å². The fourth-order valence-corrected chi connectivity index (χ4v) is 5.09. The number of carbonyl (C=O) groups excluding carboxylic acids is 1. The number of benzene rings is 2. The molecule has 8 heteroatoms. The number of thiazole rings is 1. The molecule has 0 fully saturated rings. The Labute approximate surface area is 202 Å². The molecular formula is C26H26FN5OS. The zero-order valence-electron chi connectivity index (χ0n) is 19.4. The van der Waals surface area contributed by atoms with E-state index in [1.807, 2.05) is 10.6 Å². The molecule has 0 atom stereocenters. The quantitative estimate of drug-likeness (QED) is 0.406. The Morgan fingerprint density at radius 2 is 1.94 bits per heavy atom. The highest BCUT2D eigenvalue weighted by Gasteiger charge is 2.22. The lowest BCUT2D eigenvalue weighted by Crippen LogP contribution is -2.26. The van der Waals surface area contributed by atoms with Crippen LogP contribution in [0, 0.1) is 5.82 Å². The van der Waals surface area contributed by atoms with Gasteiger partial charge in [0.25, 0.3) is 5.91 Å². The molecular weight excluding hydrogens is 449 g/mol. The second-order valence-corrected chi connectivity index (χ2v) is 9.77. The Balaban J connectivity index is 1.43. The van der Waals surface area contributed by atoms with E-state index in [0.29, 0.717) is 16.4 Å². The van der Waals surface area contributed by atoms with Gasteiger partial charge in [0.1, 0.15) is 22.2 Å². The number of anilines is 1. The molecule has 0 radical (unpaired) electrons. The number of hydrogen-bond acceptors (Lipinski definition) is 5. The number of imidazole rings is 1. The summed E-state index contributed by atoms with van der Waals surface area (Å²) in [5.41, 5.74) is 6.05. The third-order valence-electron chi connectivity index (χ3n) is 6.07. The van der Waals surface area contributed by atoms with Gasteiger partial charge in [-0.2, -0.15) is 0 Å². The number of halogens is 1. The van der Waals surface area contributed by atoms with Gasteiger partial charge in [-0.1, -0.05) is 6.07 Å². The fraction of sp³-hybridized carbons (Fsp3) is 0.269. The highest BCUT2D eigenvalue weighted by atomic mass is 32.1. The number of aromatic nitrogens is 3. The number of nitrogens with one attached hydrogen (secondary N) is 1. The molecule has 1 N–H and O–H groups in total. The molecule has 1 aliphatic rings. The van der Waals surface area contributed by atoms with E-state index in [0.717, 1.165) is 36.5 Å². The van der Waals surface area contributed by atoms with E-state index in [4.69, 9.17) is 0 Å². The van der Waals surface area contributed by atoms with Gasteiger partial charge < -0.3 is 14.8 Å². The van der Waals surface area contributed by atoms with Gasteiger partial charge in [0, 0.05) is 35.8 Å². The molecule has 2 aromatic heterocycles. The van der Waals surface area contributed by atoms with Crippen LogP contribution in [0.15, 0.2) is 54.2 Å². The first-order valence-corrected chi connectivity index (χ1v) is 12.2. The summed E-state index contributed by atoms with van der Waals surface area (Å²) in [5.74, 6) is -0.541. The van der Waals surface area contributed by atoms with Gasteiger partial charge in [0.2, 0.25) is 0 Å². The molecule has 4 aromatic rings. The largest absolute Gasteiger partial charge is 0.326 e. The average Bonchev–Trinajstić information content (AvgIpc) is 3.47. The molecule has 34 heavy (non-hydrogen) atoms. The summed E-state index contributed by atoms with van der Waals surface area (Å²) < 4.78 is 15.5. The van der Waals surface area contributed by atoms with Crippen molar-refractivity contribution in [1.29, 1.82) is 0 Å². The van der Waals surface area contributed by atoms with E-state index in [1.165, 1.54) is 34.6 Å². The first-order chi connectivity index (χ1) is 16.4. The molecule has 174 valence electrons. The van der Waals surface area contributed by atoms with Gasteiger partial charge in [-0.05, 0) is 74.8 Å². The van der Waals surface area contributed by atoms with Crippen molar-refractivity contribution in [2.45, 2.75) is 32.9 Å². The monoisotopic (exact) mass is 475 g/mol. The molecule has 6 nitrogen and oxygen atoms in total. The number of carbonyl (C=O) groups is 1. The lowest BCUT2D eigenvalue weighted by Gasteiger charge is -2.25. The maximum atomic E-state index is 13.5. The van der Waals surface area contributed by atoms with Gasteiger partial charge in [-0.3, -0.25) is 4.79 Å². The van der Waals surface area contributed by atoms with Gasteiger partial charge in [0.15, 0.2) is 0 Å². The van der Waals surface area contributed by atoms with Crippen molar-refractivity contribution in [2.24, 2.45) is 0 Å². The standard InChI is InChI=1S/C26H26FN5OS/c1-16(2)32-15-28-23(18-4-7-20(27)8-5-18)24(32)26-30-22(14-34-26)25(33)29-21-9-6-17-10-11-31(3)13-19(17)12-21/h4-9,12,14-16H,10-11,13H2,1-3H3,(H,29,33). The number of fused-ring (bicyclic) bond motifs is 1. The van der Waals surface area contributed by atoms with Crippen molar-refractivity contribution in [2.75, 3.05) is 18.9 Å². The van der Waals surface area contributed by atoms with Crippen molar-refractivity contribution in [3.63, 3.8) is 0 Å². The molecule has 2 aromatic carbocycles. The van der Waals surface area contributed by atoms with Crippen LogP contribution in [0.2, 0.25) is 0 Å². The SMILES string of the molecule is CC(C)n1cnc(-c2ccc(F)cc2)c1-c1nc(C(=O)Nc2ccc3c(c2)CN(C)CC3)cs1. The van der Waals surface area contributed by atoms with Gasteiger partial charge in [0.05, 0.1) is 12.0 Å². The van der Waals surface area contributed by atoms with Crippen LogP contribution in [-0.2, 0) is 13.0 Å². The van der Waals surface area contributed by atoms with Crippen LogP contribution in [0.4, 0.5) is 10.1 Å². The number of nitrogens with zero attached hydrogens (tertiary/aromatic N) is 4. The Kier molecular flexibility index (Phi) is 6.02. The van der Waals surface area contributed by atoms with Crippen molar-refractivity contribution >= 4 is 22.9 Å². The number of hydrogen-bond donors (Lipinski definition) is 1. The molecule has 1 aliphatic heterocycles. The Bertz CT molecular complexity index is 1340. The van der Waals surface area contributed by atoms with Crippen LogP contribution >= 0.6 is 11.3 Å². The molecule has 5 rings (SSSR count). The van der Waals surface area contributed by atoms with E-state index in [2.05, 4.69) is 53.2 Å². The molecule has 0 unspecified atom stereocenters. The first kappa shape index (κ1) is 22.4. The van der Waals surface area contributed by atoms with E-state index in [9.17, 15) is 9.18 Å². The number of likely N-dealkylation sites (N-methyl/N-ethyl adjacent to an activating group) is 1. The number of rotatable bonds is 5. The Morgan fingerprint density at radius 1 is 1.15 bits per heavy atom. The van der Waals surface area contributed by atoms with Crippen LogP contribution in [0.1, 0.15) is 41.5 Å². The van der Waals surface area contributed by atoms with E-state index >= 15 is 0 Å². The van der Waals surface area contributed by atoms with Crippen molar-refractivity contribution in [3.05, 3.63) is 76.8 Å². The van der Waals surface area contributed by atoms with Crippen molar-refractivity contribution in [1.82, 2.24) is 19.4 Å². The minimum absolute atomic E-state index is 0.145. The molecule has 0 spiro atoms. The van der Waals surface area contributed by atoms with Crippen LogP contribution < -0.4 is 5.32 Å². The summed E-state index contributed by atoms with van der Waals surface area (Å²) in [4.78, 5) is 24.5. The summed E-state index contributed by atoms with van der Waals surface area (Å²) >= 11 is 1.40. The van der Waals surface area contributed by atoms with Crippen LogP contribution in [0.25, 0.3) is 22.0 Å². The van der Waals surface area contributed by atoms with E-state index < -0.39 is 0 Å². The molecule has 0 saturated heterocycles. The Hall–Kier alpha value is -3.36. The minimum atomic E-state index is -0.296. The number of amides is 1. The summed E-state index contributed by atoms with van der Waals surface area (Å²) in [6, 6.07) is 12.5. The van der Waals surface area contributed by atoms with Crippen molar-refractivity contribution in [3.8, 4) is 22.0 Å². The summed E-state index contributed by atoms with van der Waals surface area (Å²) in [6.45, 7) is 6.06. The van der Waals surface area contributed by atoms with Crippen molar-refractivity contribution < 1.29 is 9.18 Å². The predicted molar refractivity (Wildman–Crippen MR) is 134 cm³/mol. The highest BCUT2D eigenvalue weighted by molar-refractivity contribution is 7.13. The Morgan fingerprint density at radius 3 is 2.71 bits per heavy atom. The molecule has 1 amide bonds. The average molecular weight is 476 g/mol. The van der Waals surface area contributed by atoms with E-state index in [1.54, 1.807) is 23.8 Å². The molecule has 0 saturated carbocycles. The van der Waals surface area contributed by atoms with Gasteiger partial charge >= 0.3 is 0 Å². The second kappa shape index (κ2) is 9.12. The zero-order valence-corrected chi connectivity index (χ0v) is 20.2. The molecule has 0 aliphatic carbocycles. The second-order valence-electron chi connectivity index (χ2n) is 8.91. The van der Waals surface area contributed by atoms with Crippen LogP contribution in [-0.4, -0.2) is 38.9 Å². The highest BCUT2D eigenvalue weighted by Crippen LogP contribution is 2.35. The molecule has 3 heterocycles. The summed E-state index contributed by atoms with van der Waals surface area (Å²) in [7, 11) is 2.10. The van der Waals surface area contributed by atoms with Gasteiger partial charge in [-0.25, -0.2) is 14.4 Å². The maximum Gasteiger partial charge on any atom is 0.275 e. The fourth-order valence-electron chi connectivity index (χ4n) is 4.24. The lowest BCUT2D eigenvalue weighted by atomic mass is 9.99. The smallest absolute Gasteiger partial charge is 0.275 e. The van der Waals surface area contributed by atoms with Crippen LogP contribution in [0.5, 0.6) is 0 Å². The van der Waals surface area contributed by atoms with Gasteiger partial charge in [-0.15, -0.1) is 11.3 Å². The summed E-state index contributed by atoms with van der Waals surface area (Å²) in [6.07, 6.45) is 2.79. The third kappa shape index (κ3) is 4.38. The minimum Gasteiger partial charge on any atom is -0.326 e.